The first kappa shape index (κ1) is 20.3. The Morgan fingerprint density at radius 2 is 1.76 bits per heavy atom. The smallest absolute Gasteiger partial charge is 0.270 e. The number of carbonyl (C=O) groups excluding carboxylic acids is 3. The fourth-order valence-corrected chi connectivity index (χ4v) is 3.21. The number of para-hydroxylation sites is 1. The summed E-state index contributed by atoms with van der Waals surface area (Å²) in [5, 5.41) is 2.80. The van der Waals surface area contributed by atoms with E-state index in [1.807, 2.05) is 24.3 Å². The number of hydrogen-bond donors (Lipinski definition) is 1. The van der Waals surface area contributed by atoms with Gasteiger partial charge in [-0.3, -0.25) is 19.4 Å². The van der Waals surface area contributed by atoms with Crippen LogP contribution in [0.1, 0.15) is 33.3 Å². The van der Waals surface area contributed by atoms with E-state index in [2.05, 4.69) is 10.3 Å². The average Bonchev–Trinajstić information content (AvgIpc) is 2.77. The van der Waals surface area contributed by atoms with Crippen molar-refractivity contribution in [3.05, 3.63) is 59.4 Å². The molecule has 2 aromatic rings. The Hall–Kier alpha value is -3.42. The Kier molecular flexibility index (Phi) is 6.43. The second-order valence-corrected chi connectivity index (χ2v) is 6.72. The van der Waals surface area contributed by atoms with Crippen LogP contribution in [0.3, 0.4) is 0 Å². The van der Waals surface area contributed by atoms with Crippen LogP contribution in [0.5, 0.6) is 5.75 Å². The lowest BCUT2D eigenvalue weighted by atomic mass is 10.1. The molecule has 1 aliphatic heterocycles. The van der Waals surface area contributed by atoms with E-state index in [4.69, 9.17) is 4.74 Å². The number of hydrogen-bond acceptors (Lipinski definition) is 5. The molecule has 0 saturated carbocycles. The molecule has 8 nitrogen and oxygen atoms in total. The summed E-state index contributed by atoms with van der Waals surface area (Å²) < 4.78 is 5.28. The van der Waals surface area contributed by atoms with Crippen molar-refractivity contribution in [3.63, 3.8) is 0 Å². The highest BCUT2D eigenvalue weighted by Gasteiger charge is 2.24. The number of amides is 3. The van der Waals surface area contributed by atoms with E-state index in [9.17, 15) is 14.4 Å². The maximum Gasteiger partial charge on any atom is 0.270 e. The number of pyridine rings is 1. The molecular weight excluding hydrogens is 372 g/mol. The van der Waals surface area contributed by atoms with Crippen molar-refractivity contribution in [1.82, 2.24) is 20.1 Å². The molecule has 1 fully saturated rings. The molecule has 1 aromatic heterocycles. The molecule has 0 unspecified atom stereocenters. The van der Waals surface area contributed by atoms with Gasteiger partial charge >= 0.3 is 0 Å². The zero-order valence-electron chi connectivity index (χ0n) is 16.6. The molecule has 0 atom stereocenters. The molecule has 29 heavy (non-hydrogen) atoms. The summed E-state index contributed by atoms with van der Waals surface area (Å²) in [7, 11) is 1.58. The van der Waals surface area contributed by atoms with E-state index in [1.165, 1.54) is 19.2 Å². The zero-order valence-corrected chi connectivity index (χ0v) is 16.6. The van der Waals surface area contributed by atoms with Crippen LogP contribution < -0.4 is 10.1 Å². The van der Waals surface area contributed by atoms with E-state index >= 15 is 0 Å². The molecule has 8 heteroatoms. The minimum Gasteiger partial charge on any atom is -0.496 e. The highest BCUT2D eigenvalue weighted by atomic mass is 16.5. The van der Waals surface area contributed by atoms with Gasteiger partial charge < -0.3 is 19.9 Å². The van der Waals surface area contributed by atoms with Gasteiger partial charge in [0.1, 0.15) is 11.4 Å². The van der Waals surface area contributed by atoms with Crippen LogP contribution in [0.15, 0.2) is 42.6 Å². The van der Waals surface area contributed by atoms with E-state index in [-0.39, 0.29) is 30.0 Å². The topological polar surface area (TPSA) is 91.8 Å². The van der Waals surface area contributed by atoms with Crippen LogP contribution >= 0.6 is 0 Å². The number of carbonyl (C=O) groups is 3. The summed E-state index contributed by atoms with van der Waals surface area (Å²) in [6, 6.07) is 10.5. The van der Waals surface area contributed by atoms with Gasteiger partial charge in [0, 0.05) is 57.0 Å². The largest absolute Gasteiger partial charge is 0.496 e. The van der Waals surface area contributed by atoms with Gasteiger partial charge in [-0.1, -0.05) is 18.2 Å². The van der Waals surface area contributed by atoms with Gasteiger partial charge in [-0.25, -0.2) is 0 Å². The normalized spacial score (nSPS) is 13.7. The van der Waals surface area contributed by atoms with Crippen LogP contribution in [-0.4, -0.2) is 65.8 Å². The van der Waals surface area contributed by atoms with E-state index < -0.39 is 0 Å². The first-order valence-corrected chi connectivity index (χ1v) is 9.40. The molecule has 2 heterocycles. The van der Waals surface area contributed by atoms with Crippen LogP contribution in [-0.2, 0) is 11.3 Å². The maximum atomic E-state index is 12.8. The summed E-state index contributed by atoms with van der Waals surface area (Å²) >= 11 is 0. The lowest BCUT2D eigenvalue weighted by Crippen LogP contribution is -2.50. The molecule has 1 aliphatic rings. The average molecular weight is 396 g/mol. The number of benzene rings is 1. The van der Waals surface area contributed by atoms with Crippen molar-refractivity contribution in [1.29, 1.82) is 0 Å². The Morgan fingerprint density at radius 3 is 2.45 bits per heavy atom. The number of methoxy groups -OCH3 is 1. The van der Waals surface area contributed by atoms with E-state index in [0.717, 1.165) is 5.56 Å². The Bertz CT molecular complexity index is 907. The lowest BCUT2D eigenvalue weighted by molar-refractivity contribution is -0.130. The molecule has 1 saturated heterocycles. The lowest BCUT2D eigenvalue weighted by Gasteiger charge is -2.34. The summed E-state index contributed by atoms with van der Waals surface area (Å²) in [5.74, 6) is 0.158. The minimum atomic E-state index is -0.369. The van der Waals surface area contributed by atoms with Crippen LogP contribution in [0, 0.1) is 0 Å². The standard InChI is InChI=1S/C21H24N4O4/c1-15(26)24-9-11-25(12-10-24)21(28)16-7-8-22-18(13-16)20(27)23-14-17-5-3-4-6-19(17)29-2/h3-8,13H,9-12,14H2,1-2H3,(H,23,27). The van der Waals surface area contributed by atoms with E-state index in [0.29, 0.717) is 37.5 Å². The van der Waals surface area contributed by atoms with Crippen LogP contribution in [0.4, 0.5) is 0 Å². The quantitative estimate of drug-likeness (QED) is 0.823. The Labute approximate surface area is 169 Å². The Morgan fingerprint density at radius 1 is 1.07 bits per heavy atom. The molecule has 0 bridgehead atoms. The Balaban J connectivity index is 1.63. The van der Waals surface area contributed by atoms with Crippen molar-refractivity contribution >= 4 is 17.7 Å². The fourth-order valence-electron chi connectivity index (χ4n) is 3.21. The third kappa shape index (κ3) is 4.90. The van der Waals surface area contributed by atoms with Gasteiger partial charge in [0.15, 0.2) is 0 Å². The van der Waals surface area contributed by atoms with Gasteiger partial charge in [0.2, 0.25) is 5.91 Å². The predicted octanol–water partition coefficient (Wildman–Crippen LogP) is 1.32. The predicted molar refractivity (Wildman–Crippen MR) is 107 cm³/mol. The summed E-state index contributed by atoms with van der Waals surface area (Å²) in [6.07, 6.45) is 1.46. The molecule has 0 spiro atoms. The highest BCUT2D eigenvalue weighted by molar-refractivity contribution is 5.98. The molecule has 3 rings (SSSR count). The van der Waals surface area contributed by atoms with Gasteiger partial charge in [0.05, 0.1) is 7.11 Å². The molecular formula is C21H24N4O4. The molecule has 1 aromatic carbocycles. The van der Waals surface area contributed by atoms with Crippen molar-refractivity contribution < 1.29 is 19.1 Å². The van der Waals surface area contributed by atoms with Crippen LogP contribution in [0.2, 0.25) is 0 Å². The van der Waals surface area contributed by atoms with Crippen molar-refractivity contribution in [2.75, 3.05) is 33.3 Å². The van der Waals surface area contributed by atoms with Crippen LogP contribution in [0.25, 0.3) is 0 Å². The molecule has 0 aliphatic carbocycles. The summed E-state index contributed by atoms with van der Waals surface area (Å²) in [4.78, 5) is 44.2. The third-order valence-corrected chi connectivity index (χ3v) is 4.88. The SMILES string of the molecule is COc1ccccc1CNC(=O)c1cc(C(=O)N2CCN(C(C)=O)CC2)ccn1. The van der Waals surface area contributed by atoms with Crippen molar-refractivity contribution in [2.45, 2.75) is 13.5 Å². The van der Waals surface area contributed by atoms with Gasteiger partial charge in [0.25, 0.3) is 11.8 Å². The first-order chi connectivity index (χ1) is 14.0. The molecule has 1 N–H and O–H groups in total. The van der Waals surface area contributed by atoms with Gasteiger partial charge in [-0.05, 0) is 18.2 Å². The fraction of sp³-hybridized carbons (Fsp3) is 0.333. The monoisotopic (exact) mass is 396 g/mol. The third-order valence-electron chi connectivity index (χ3n) is 4.88. The summed E-state index contributed by atoms with van der Waals surface area (Å²) in [5.41, 5.74) is 1.42. The number of piperazine rings is 1. The molecule has 3 amide bonds. The van der Waals surface area contributed by atoms with Crippen molar-refractivity contribution in [2.24, 2.45) is 0 Å². The minimum absolute atomic E-state index is 0.00927. The van der Waals surface area contributed by atoms with Gasteiger partial charge in [-0.15, -0.1) is 0 Å². The first-order valence-electron chi connectivity index (χ1n) is 9.40. The second kappa shape index (κ2) is 9.18. The number of nitrogens with one attached hydrogen (secondary N) is 1. The summed E-state index contributed by atoms with van der Waals surface area (Å²) in [6.45, 7) is 3.77. The molecule has 0 radical (unpaired) electrons. The number of ether oxygens (including phenoxy) is 1. The number of rotatable bonds is 5. The van der Waals surface area contributed by atoms with Crippen molar-refractivity contribution in [3.8, 4) is 5.75 Å². The maximum absolute atomic E-state index is 12.8. The zero-order chi connectivity index (χ0) is 20.8. The number of aromatic nitrogens is 1. The van der Waals surface area contributed by atoms with E-state index in [1.54, 1.807) is 23.0 Å². The highest BCUT2D eigenvalue weighted by Crippen LogP contribution is 2.17. The number of nitrogens with zero attached hydrogens (tertiary/aromatic N) is 3. The molecule has 152 valence electrons. The van der Waals surface area contributed by atoms with Gasteiger partial charge in [-0.2, -0.15) is 0 Å². The second-order valence-electron chi connectivity index (χ2n) is 6.72.